The van der Waals surface area contributed by atoms with Crippen molar-refractivity contribution in [3.05, 3.63) is 47.3 Å². The van der Waals surface area contributed by atoms with E-state index in [1.165, 1.54) is 6.42 Å². The molecule has 0 radical (unpaired) electrons. The minimum absolute atomic E-state index is 0.0809. The van der Waals surface area contributed by atoms with Gasteiger partial charge in [0.15, 0.2) is 0 Å². The summed E-state index contributed by atoms with van der Waals surface area (Å²) in [6, 6.07) is 7.73. The second kappa shape index (κ2) is 13.0. The van der Waals surface area contributed by atoms with Gasteiger partial charge in [-0.25, -0.2) is 13.4 Å². The van der Waals surface area contributed by atoms with Crippen LogP contribution in [0, 0.1) is 12.3 Å². The van der Waals surface area contributed by atoms with Crippen molar-refractivity contribution in [1.82, 2.24) is 19.4 Å². The molecule has 2 heterocycles. The molecule has 4 rings (SSSR count). The molecule has 0 spiro atoms. The minimum atomic E-state index is -3.68. The fourth-order valence-corrected chi connectivity index (χ4v) is 7.21. The number of sulfone groups is 1. The Labute approximate surface area is 234 Å². The molecule has 2 aliphatic rings. The maximum absolute atomic E-state index is 13.7. The maximum Gasteiger partial charge on any atom is 0.228 e. The van der Waals surface area contributed by atoms with Crippen LogP contribution in [-0.4, -0.2) is 73.1 Å². The fourth-order valence-electron chi connectivity index (χ4n) is 5.68. The summed E-state index contributed by atoms with van der Waals surface area (Å²) in [4.78, 5) is 22.3. The zero-order valence-corrected chi connectivity index (χ0v) is 25.0. The van der Waals surface area contributed by atoms with Gasteiger partial charge < -0.3 is 14.2 Å². The van der Waals surface area contributed by atoms with Crippen LogP contribution in [-0.2, 0) is 31.7 Å². The number of rotatable bonds is 10. The average molecular weight is 559 g/mol. The second-order valence-corrected chi connectivity index (χ2v) is 14.3. The number of amides is 1. The van der Waals surface area contributed by atoms with Crippen LogP contribution in [0.1, 0.15) is 82.2 Å². The van der Waals surface area contributed by atoms with Gasteiger partial charge in [-0.15, -0.1) is 0 Å². The molecule has 0 N–H and O–H groups in total. The Morgan fingerprint density at radius 2 is 1.85 bits per heavy atom. The van der Waals surface area contributed by atoms with Gasteiger partial charge in [0, 0.05) is 38.6 Å². The number of nitrogens with zero attached hydrogens (tertiary/aromatic N) is 4. The molecule has 1 saturated carbocycles. The lowest BCUT2D eigenvalue weighted by Gasteiger charge is -2.32. The number of carbonyl (C=O) groups excluding carboxylic acids is 1. The molecule has 0 atom stereocenters. The quantitative estimate of drug-likeness (QED) is 0.418. The van der Waals surface area contributed by atoms with Crippen molar-refractivity contribution in [1.29, 1.82) is 0 Å². The van der Waals surface area contributed by atoms with Crippen molar-refractivity contribution < 1.29 is 17.9 Å². The molecule has 1 amide bonds. The van der Waals surface area contributed by atoms with Gasteiger partial charge in [0.05, 0.1) is 37.4 Å². The molecule has 216 valence electrons. The Kier molecular flexibility index (Phi) is 9.88. The number of aryl methyl sites for hydroxylation is 1. The lowest BCUT2D eigenvalue weighted by atomic mass is 9.91. The molecule has 8 nitrogen and oxygen atoms in total. The van der Waals surface area contributed by atoms with Crippen molar-refractivity contribution in [3.63, 3.8) is 0 Å². The monoisotopic (exact) mass is 558 g/mol. The van der Waals surface area contributed by atoms with E-state index >= 15 is 0 Å². The molecule has 1 aromatic heterocycles. The van der Waals surface area contributed by atoms with Gasteiger partial charge in [-0.3, -0.25) is 9.69 Å². The van der Waals surface area contributed by atoms with E-state index in [1.807, 2.05) is 40.7 Å². The lowest BCUT2D eigenvalue weighted by molar-refractivity contribution is -0.134. The Morgan fingerprint density at radius 3 is 2.51 bits per heavy atom. The summed E-state index contributed by atoms with van der Waals surface area (Å²) in [5.41, 5.74) is 2.48. The molecule has 1 aromatic carbocycles. The SMILES string of the molecule is Cc1cccc(CS(=O)(=O)c2ncc(CN(CCN3CCOCC3)C(=O)CC(C)(C)C)n2C2CCCCC2)c1. The summed E-state index contributed by atoms with van der Waals surface area (Å²) < 4.78 is 35.0. The summed E-state index contributed by atoms with van der Waals surface area (Å²) in [5, 5.41) is 0.141. The van der Waals surface area contributed by atoms with E-state index in [9.17, 15) is 13.2 Å². The van der Waals surface area contributed by atoms with Gasteiger partial charge in [-0.1, -0.05) is 69.9 Å². The van der Waals surface area contributed by atoms with Gasteiger partial charge in [0.1, 0.15) is 0 Å². The number of ether oxygens (including phenoxy) is 1. The number of aromatic nitrogens is 2. The molecule has 2 aromatic rings. The molecule has 0 unspecified atom stereocenters. The van der Waals surface area contributed by atoms with Gasteiger partial charge in [-0.2, -0.15) is 0 Å². The minimum Gasteiger partial charge on any atom is -0.379 e. The van der Waals surface area contributed by atoms with Gasteiger partial charge in [0.2, 0.25) is 20.9 Å². The third-order valence-corrected chi connectivity index (χ3v) is 9.25. The molecule has 39 heavy (non-hydrogen) atoms. The standard InChI is InChI=1S/C30H46N4O4S/c1-24-9-8-10-25(19-24)23-39(36,37)29-31-21-27(34(29)26-11-6-5-7-12-26)22-33(28(35)20-30(2,3)4)14-13-32-15-17-38-18-16-32/h8-10,19,21,26H,5-7,11-18,20,22-23H2,1-4H3. The highest BCUT2D eigenvalue weighted by molar-refractivity contribution is 7.90. The molecule has 2 fully saturated rings. The predicted molar refractivity (Wildman–Crippen MR) is 153 cm³/mol. The molecular formula is C30H46N4O4S. The summed E-state index contributed by atoms with van der Waals surface area (Å²) in [7, 11) is -3.68. The number of morpholine rings is 1. The third-order valence-electron chi connectivity index (χ3n) is 7.67. The highest BCUT2D eigenvalue weighted by atomic mass is 32.2. The van der Waals surface area contributed by atoms with Crippen LogP contribution in [0.3, 0.4) is 0 Å². The van der Waals surface area contributed by atoms with Crippen LogP contribution in [0.15, 0.2) is 35.6 Å². The molecule has 1 aliphatic carbocycles. The first-order valence-corrected chi connectivity index (χ1v) is 16.1. The highest BCUT2D eigenvalue weighted by Crippen LogP contribution is 2.33. The first-order valence-electron chi connectivity index (χ1n) is 14.4. The fraction of sp³-hybridized carbons (Fsp3) is 0.667. The third kappa shape index (κ3) is 8.38. The van der Waals surface area contributed by atoms with Crippen molar-refractivity contribution in [2.24, 2.45) is 5.41 Å². The van der Waals surface area contributed by atoms with Crippen molar-refractivity contribution in [3.8, 4) is 0 Å². The summed E-state index contributed by atoms with van der Waals surface area (Å²) in [6.45, 7) is 13.1. The van der Waals surface area contributed by atoms with E-state index in [0.29, 0.717) is 32.7 Å². The summed E-state index contributed by atoms with van der Waals surface area (Å²) in [5.74, 6) is 0.0120. The smallest absolute Gasteiger partial charge is 0.228 e. The normalized spacial score (nSPS) is 17.8. The van der Waals surface area contributed by atoms with E-state index in [1.54, 1.807) is 6.20 Å². The lowest BCUT2D eigenvalue weighted by Crippen LogP contribution is -2.43. The van der Waals surface area contributed by atoms with Gasteiger partial charge >= 0.3 is 0 Å². The Bertz CT molecular complexity index is 1210. The van der Waals surface area contributed by atoms with Crippen LogP contribution in [0.25, 0.3) is 0 Å². The van der Waals surface area contributed by atoms with Gasteiger partial charge in [0.25, 0.3) is 0 Å². The van der Waals surface area contributed by atoms with Crippen molar-refractivity contribution in [2.75, 3.05) is 39.4 Å². The van der Waals surface area contributed by atoms with Crippen LogP contribution >= 0.6 is 0 Å². The Balaban J connectivity index is 1.63. The zero-order chi connectivity index (χ0) is 28.0. The highest BCUT2D eigenvalue weighted by Gasteiger charge is 2.31. The Morgan fingerprint density at radius 1 is 1.13 bits per heavy atom. The van der Waals surface area contributed by atoms with Crippen LogP contribution in [0.5, 0.6) is 0 Å². The van der Waals surface area contributed by atoms with E-state index in [2.05, 4.69) is 30.7 Å². The molecule has 1 saturated heterocycles. The Hall–Kier alpha value is -2.23. The number of hydrogen-bond acceptors (Lipinski definition) is 6. The topological polar surface area (TPSA) is 84.7 Å². The second-order valence-electron chi connectivity index (χ2n) is 12.4. The van der Waals surface area contributed by atoms with Crippen molar-refractivity contribution in [2.45, 2.75) is 89.7 Å². The van der Waals surface area contributed by atoms with Crippen LogP contribution in [0.2, 0.25) is 0 Å². The largest absolute Gasteiger partial charge is 0.379 e. The van der Waals surface area contributed by atoms with Crippen molar-refractivity contribution >= 4 is 15.7 Å². The zero-order valence-electron chi connectivity index (χ0n) is 24.2. The summed E-state index contributed by atoms with van der Waals surface area (Å²) in [6.07, 6.45) is 7.31. The summed E-state index contributed by atoms with van der Waals surface area (Å²) >= 11 is 0. The van der Waals surface area contributed by atoms with E-state index < -0.39 is 9.84 Å². The first kappa shape index (κ1) is 29.7. The predicted octanol–water partition coefficient (Wildman–Crippen LogP) is 4.77. The van der Waals surface area contributed by atoms with Crippen LogP contribution < -0.4 is 0 Å². The van der Waals surface area contributed by atoms with Gasteiger partial charge in [-0.05, 0) is 30.7 Å². The number of imidazole rings is 1. The molecule has 0 bridgehead atoms. The van der Waals surface area contributed by atoms with Crippen LogP contribution in [0.4, 0.5) is 0 Å². The van der Waals surface area contributed by atoms with E-state index in [4.69, 9.17) is 4.74 Å². The molecule has 9 heteroatoms. The number of hydrogen-bond donors (Lipinski definition) is 0. The molecular weight excluding hydrogens is 512 g/mol. The number of carbonyl (C=O) groups is 1. The number of benzene rings is 1. The van der Waals surface area contributed by atoms with E-state index in [-0.39, 0.29) is 28.3 Å². The maximum atomic E-state index is 13.7. The molecule has 1 aliphatic heterocycles. The average Bonchev–Trinajstić information content (AvgIpc) is 3.31. The first-order chi connectivity index (χ1) is 18.5. The van der Waals surface area contributed by atoms with E-state index in [0.717, 1.165) is 62.1 Å².